The van der Waals surface area contributed by atoms with Crippen molar-refractivity contribution in [3.05, 3.63) is 57.1 Å². The molecule has 0 amide bonds. The van der Waals surface area contributed by atoms with Crippen molar-refractivity contribution in [2.45, 2.75) is 32.7 Å². The Morgan fingerprint density at radius 2 is 1.88 bits per heavy atom. The van der Waals surface area contributed by atoms with E-state index >= 15 is 0 Å². The van der Waals surface area contributed by atoms with Crippen LogP contribution in [0.5, 0.6) is 0 Å². The number of fused-ring (bicyclic) bond motifs is 1. The Balaban J connectivity index is 2.02. The highest BCUT2D eigenvalue weighted by molar-refractivity contribution is 5.54. The number of benzene rings is 1. The number of aromatic nitrogens is 2. The van der Waals surface area contributed by atoms with E-state index < -0.39 is 0 Å². The van der Waals surface area contributed by atoms with E-state index in [-0.39, 0.29) is 17.7 Å². The first-order valence-electron chi connectivity index (χ1n) is 8.66. The highest BCUT2D eigenvalue weighted by Crippen LogP contribution is 2.21. The summed E-state index contributed by atoms with van der Waals surface area (Å²) in [5.74, 6) is 0.985. The molecule has 1 aromatic heterocycles. The predicted molar refractivity (Wildman–Crippen MR) is 95.7 cm³/mol. The zero-order valence-corrected chi connectivity index (χ0v) is 14.4. The van der Waals surface area contributed by atoms with Crippen LogP contribution in [0.3, 0.4) is 0 Å². The summed E-state index contributed by atoms with van der Waals surface area (Å²) in [5.41, 5.74) is 2.39. The number of hydrogen-bond acceptors (Lipinski definition) is 5. The van der Waals surface area contributed by atoms with E-state index in [0.29, 0.717) is 37.7 Å². The molecule has 1 aliphatic rings. The molecule has 25 heavy (non-hydrogen) atoms. The first-order chi connectivity index (χ1) is 12.2. The molecule has 1 aromatic carbocycles. The summed E-state index contributed by atoms with van der Waals surface area (Å²) in [6, 6.07) is 10.4. The average Bonchev–Trinajstić information content (AvgIpc) is 2.84. The van der Waals surface area contributed by atoms with E-state index in [9.17, 15) is 15.2 Å². The maximum absolute atomic E-state index is 12.7. The van der Waals surface area contributed by atoms with Gasteiger partial charge >= 0.3 is 0 Å². The summed E-state index contributed by atoms with van der Waals surface area (Å²) >= 11 is 0. The van der Waals surface area contributed by atoms with E-state index in [0.717, 1.165) is 12.8 Å². The summed E-state index contributed by atoms with van der Waals surface area (Å²) in [7, 11) is 0. The number of anilines is 1. The van der Waals surface area contributed by atoms with Gasteiger partial charge in [-0.2, -0.15) is 5.26 Å². The Kier molecular flexibility index (Phi) is 5.15. The first kappa shape index (κ1) is 17.2. The lowest BCUT2D eigenvalue weighted by atomic mass is 10.0. The van der Waals surface area contributed by atoms with Gasteiger partial charge in [0.25, 0.3) is 5.56 Å². The number of nitriles is 1. The largest absolute Gasteiger partial charge is 0.396 e. The van der Waals surface area contributed by atoms with Gasteiger partial charge in [0, 0.05) is 26.1 Å². The molecule has 1 aliphatic heterocycles. The molecule has 0 saturated carbocycles. The van der Waals surface area contributed by atoms with E-state index in [4.69, 9.17) is 0 Å². The lowest BCUT2D eigenvalue weighted by Gasteiger charge is -2.24. The molecule has 6 nitrogen and oxygen atoms in total. The van der Waals surface area contributed by atoms with Crippen LogP contribution in [-0.4, -0.2) is 34.4 Å². The van der Waals surface area contributed by atoms with Gasteiger partial charge in [-0.25, -0.2) is 4.98 Å². The summed E-state index contributed by atoms with van der Waals surface area (Å²) in [6.07, 6.45) is 2.01. The van der Waals surface area contributed by atoms with Crippen molar-refractivity contribution in [1.29, 1.82) is 5.26 Å². The topological polar surface area (TPSA) is 82.2 Å². The van der Waals surface area contributed by atoms with Gasteiger partial charge in [0.05, 0.1) is 6.61 Å². The van der Waals surface area contributed by atoms with E-state index in [1.54, 1.807) is 0 Å². The van der Waals surface area contributed by atoms with E-state index in [1.807, 2.05) is 30.0 Å². The van der Waals surface area contributed by atoms with Crippen molar-refractivity contribution in [2.24, 2.45) is 0 Å². The molecule has 0 bridgehead atoms. The quantitative estimate of drug-likeness (QED) is 0.908. The van der Waals surface area contributed by atoms with Gasteiger partial charge in [-0.1, -0.05) is 24.3 Å². The normalized spacial score (nSPS) is 13.9. The van der Waals surface area contributed by atoms with Gasteiger partial charge in [0.15, 0.2) is 11.4 Å². The van der Waals surface area contributed by atoms with Crippen LogP contribution in [0.4, 0.5) is 5.82 Å². The SMILES string of the molecule is CCn1c(CCO)nc(N2CCc3ccccc3CC2)c(C#N)c1=O. The molecule has 3 rings (SSSR count). The van der Waals surface area contributed by atoms with Gasteiger partial charge in [-0.3, -0.25) is 9.36 Å². The standard InChI is InChI=1S/C19H22N4O2/c1-2-23-17(9-12-24)21-18(16(13-20)19(23)25)22-10-7-14-5-3-4-6-15(14)8-11-22/h3-6,24H,2,7-12H2,1H3. The first-order valence-corrected chi connectivity index (χ1v) is 8.66. The lowest BCUT2D eigenvalue weighted by Crippen LogP contribution is -2.34. The monoisotopic (exact) mass is 338 g/mol. The summed E-state index contributed by atoms with van der Waals surface area (Å²) in [4.78, 5) is 19.3. The van der Waals surface area contributed by atoms with Gasteiger partial charge in [0.2, 0.25) is 0 Å². The number of aliphatic hydroxyl groups excluding tert-OH is 1. The van der Waals surface area contributed by atoms with Crippen molar-refractivity contribution < 1.29 is 5.11 Å². The molecule has 0 spiro atoms. The number of aliphatic hydroxyl groups is 1. The second kappa shape index (κ2) is 7.49. The third-order valence-corrected chi connectivity index (χ3v) is 4.71. The van der Waals surface area contributed by atoms with Crippen molar-refractivity contribution in [1.82, 2.24) is 9.55 Å². The second-order valence-electron chi connectivity index (χ2n) is 6.12. The molecule has 0 fully saturated rings. The number of nitrogens with zero attached hydrogens (tertiary/aromatic N) is 4. The Bertz CT molecular complexity index is 840. The molecule has 130 valence electrons. The highest BCUT2D eigenvalue weighted by Gasteiger charge is 2.22. The minimum atomic E-state index is -0.319. The number of rotatable bonds is 4. The third-order valence-electron chi connectivity index (χ3n) is 4.71. The molecule has 6 heteroatoms. The predicted octanol–water partition coefficient (Wildman–Crippen LogP) is 1.27. The van der Waals surface area contributed by atoms with Gasteiger partial charge in [0.1, 0.15) is 11.9 Å². The molecule has 2 aromatic rings. The molecule has 1 N–H and O–H groups in total. The molecule has 0 atom stereocenters. The molecule has 0 unspecified atom stereocenters. The van der Waals surface area contributed by atoms with Crippen LogP contribution in [-0.2, 0) is 25.8 Å². The summed E-state index contributed by atoms with van der Waals surface area (Å²) < 4.78 is 1.48. The maximum Gasteiger partial charge on any atom is 0.273 e. The fraction of sp³-hybridized carbons (Fsp3) is 0.421. The molecule has 0 radical (unpaired) electrons. The smallest absolute Gasteiger partial charge is 0.273 e. The zero-order chi connectivity index (χ0) is 17.8. The van der Waals surface area contributed by atoms with Crippen LogP contribution in [0.25, 0.3) is 0 Å². The third kappa shape index (κ3) is 3.28. The van der Waals surface area contributed by atoms with Crippen LogP contribution < -0.4 is 10.5 Å². The van der Waals surface area contributed by atoms with Crippen LogP contribution in [0.1, 0.15) is 29.4 Å². The minimum Gasteiger partial charge on any atom is -0.396 e. The summed E-state index contributed by atoms with van der Waals surface area (Å²) in [6.45, 7) is 3.62. The minimum absolute atomic E-state index is 0.0801. The zero-order valence-electron chi connectivity index (χ0n) is 14.4. The molecule has 2 heterocycles. The molecule has 0 aliphatic carbocycles. The Hall–Kier alpha value is -2.65. The Labute approximate surface area is 147 Å². The van der Waals surface area contributed by atoms with Gasteiger partial charge < -0.3 is 10.0 Å². The average molecular weight is 338 g/mol. The lowest BCUT2D eigenvalue weighted by molar-refractivity contribution is 0.293. The Morgan fingerprint density at radius 1 is 1.24 bits per heavy atom. The second-order valence-corrected chi connectivity index (χ2v) is 6.12. The maximum atomic E-state index is 12.7. The van der Waals surface area contributed by atoms with Crippen molar-refractivity contribution in [3.8, 4) is 6.07 Å². The summed E-state index contributed by atoms with van der Waals surface area (Å²) in [5, 5.41) is 18.8. The highest BCUT2D eigenvalue weighted by atomic mass is 16.3. The van der Waals surface area contributed by atoms with Crippen LogP contribution in [0.15, 0.2) is 29.1 Å². The van der Waals surface area contributed by atoms with Gasteiger partial charge in [-0.15, -0.1) is 0 Å². The van der Waals surface area contributed by atoms with E-state index in [2.05, 4.69) is 17.1 Å². The van der Waals surface area contributed by atoms with Crippen molar-refractivity contribution in [2.75, 3.05) is 24.6 Å². The van der Waals surface area contributed by atoms with Crippen LogP contribution >= 0.6 is 0 Å². The van der Waals surface area contributed by atoms with Crippen LogP contribution in [0, 0.1) is 11.3 Å². The molecular formula is C19H22N4O2. The Morgan fingerprint density at radius 3 is 2.40 bits per heavy atom. The van der Waals surface area contributed by atoms with Crippen LogP contribution in [0.2, 0.25) is 0 Å². The van der Waals surface area contributed by atoms with Crippen molar-refractivity contribution >= 4 is 5.82 Å². The van der Waals surface area contributed by atoms with E-state index in [1.165, 1.54) is 15.7 Å². The number of hydrogen-bond donors (Lipinski definition) is 1. The van der Waals surface area contributed by atoms with Crippen molar-refractivity contribution in [3.63, 3.8) is 0 Å². The molecular weight excluding hydrogens is 316 g/mol. The fourth-order valence-electron chi connectivity index (χ4n) is 3.41. The van der Waals surface area contributed by atoms with Gasteiger partial charge in [-0.05, 0) is 30.9 Å². The fourth-order valence-corrected chi connectivity index (χ4v) is 3.41. The molecule has 0 saturated heterocycles.